The first-order valence-corrected chi connectivity index (χ1v) is 4.97. The normalized spacial score (nSPS) is 13.7. The van der Waals surface area contributed by atoms with Crippen molar-refractivity contribution < 1.29 is 0 Å². The van der Waals surface area contributed by atoms with Crippen molar-refractivity contribution in [2.75, 3.05) is 0 Å². The monoisotopic (exact) mass is 162 g/mol. The van der Waals surface area contributed by atoms with Crippen LogP contribution in [0.4, 0.5) is 0 Å². The maximum atomic E-state index is 5.04. The van der Waals surface area contributed by atoms with Gasteiger partial charge in [0.25, 0.3) is 0 Å². The number of rotatable bonds is 1. The van der Waals surface area contributed by atoms with Crippen molar-refractivity contribution in [3.05, 3.63) is 0 Å². The second-order valence-corrected chi connectivity index (χ2v) is 6.90. The molecule has 1 radical (unpaired) electrons. The van der Waals surface area contributed by atoms with Crippen LogP contribution in [0.3, 0.4) is 0 Å². The molecule has 6 heteroatoms. The molecular formula is BCl3NS. The van der Waals surface area contributed by atoms with Crippen LogP contribution in [-0.2, 0) is 0 Å². The topological polar surface area (TPSA) is 12.4 Å². The van der Waals surface area contributed by atoms with Crippen LogP contribution >= 0.6 is 39.9 Å². The van der Waals surface area contributed by atoms with Crippen molar-refractivity contribution >= 4 is 47.5 Å². The van der Waals surface area contributed by atoms with Crippen LogP contribution in [-0.4, -0.2) is 7.64 Å². The summed E-state index contributed by atoms with van der Waals surface area (Å²) in [7, 11) is 17.3. The van der Waals surface area contributed by atoms with Crippen LogP contribution in [0, 0.1) is 0 Å². The molecular weight excluding hydrogens is 163 g/mol. The fourth-order valence-electron chi connectivity index (χ4n) is 0. The number of halogens is 3. The summed E-state index contributed by atoms with van der Waals surface area (Å²) in [6, 6.07) is 0. The summed E-state index contributed by atoms with van der Waals surface area (Å²) in [6.45, 7) is 0. The zero-order valence-electron chi connectivity index (χ0n) is 2.57. The van der Waals surface area contributed by atoms with Crippen LogP contribution in [0.2, 0.25) is 0 Å². The molecule has 0 unspecified atom stereocenters. The van der Waals surface area contributed by atoms with Gasteiger partial charge < -0.3 is 0 Å². The van der Waals surface area contributed by atoms with Gasteiger partial charge in [0, 0.05) is 0 Å². The zero-order valence-corrected chi connectivity index (χ0v) is 5.65. The van der Waals surface area contributed by atoms with Crippen LogP contribution in [0.25, 0.3) is 0 Å². The molecule has 35 valence electrons. The Balaban J connectivity index is 3.45. The van der Waals surface area contributed by atoms with E-state index in [0.29, 0.717) is 0 Å². The number of hydrogen-bond donors (Lipinski definition) is 0. The summed E-state index contributed by atoms with van der Waals surface area (Å²) in [5.41, 5.74) is 0. The van der Waals surface area contributed by atoms with E-state index >= 15 is 0 Å². The molecule has 6 heavy (non-hydrogen) atoms. The van der Waals surface area contributed by atoms with Gasteiger partial charge in [-0.1, -0.05) is 0 Å². The van der Waals surface area contributed by atoms with E-state index < -0.39 is 7.85 Å². The van der Waals surface area contributed by atoms with Gasteiger partial charge in [0.15, 0.2) is 0 Å². The first-order chi connectivity index (χ1) is 2.56. The van der Waals surface area contributed by atoms with Crippen LogP contribution in [0.15, 0.2) is 4.30 Å². The van der Waals surface area contributed by atoms with Gasteiger partial charge in [0.1, 0.15) is 0 Å². The van der Waals surface area contributed by atoms with E-state index in [4.69, 9.17) is 32.0 Å². The Hall–Kier alpha value is 1.08. The molecule has 0 spiro atoms. The molecule has 0 heterocycles. The Labute approximate surface area is 52.0 Å². The van der Waals surface area contributed by atoms with E-state index in [0.717, 1.165) is 0 Å². The van der Waals surface area contributed by atoms with Crippen molar-refractivity contribution in [1.82, 2.24) is 0 Å². The molecule has 0 bridgehead atoms. The van der Waals surface area contributed by atoms with Crippen molar-refractivity contribution in [2.24, 2.45) is 4.30 Å². The van der Waals surface area contributed by atoms with E-state index in [2.05, 4.69) is 11.9 Å². The van der Waals surface area contributed by atoms with Gasteiger partial charge in [-0.15, -0.1) is 0 Å². The van der Waals surface area contributed by atoms with Gasteiger partial charge in [0.2, 0.25) is 0 Å². The predicted octanol–water partition coefficient (Wildman–Crippen LogP) is 2.52. The second kappa shape index (κ2) is 2.41. The standard InChI is InChI=1S/BCl3NS/c1-5-6(2,3)4. The predicted molar refractivity (Wildman–Crippen MR) is 33.3 cm³/mol. The molecule has 0 aliphatic heterocycles. The molecule has 1 nitrogen and oxygen atoms in total. The van der Waals surface area contributed by atoms with Crippen molar-refractivity contribution in [2.45, 2.75) is 0 Å². The fraction of sp³-hybridized carbons (Fsp3) is 0. The van der Waals surface area contributed by atoms with Gasteiger partial charge in [-0.2, -0.15) is 0 Å². The summed E-state index contributed by atoms with van der Waals surface area (Å²) < 4.78 is 2.90. The average molecular weight is 163 g/mol. The molecule has 0 aromatic rings. The van der Waals surface area contributed by atoms with Gasteiger partial charge in [0.05, 0.1) is 0 Å². The third-order valence-electron chi connectivity index (χ3n) is 0.120. The van der Waals surface area contributed by atoms with Gasteiger partial charge in [-0.3, -0.25) is 0 Å². The van der Waals surface area contributed by atoms with E-state index in [1.165, 1.54) is 0 Å². The molecule has 0 atom stereocenters. The molecule has 0 aliphatic rings. The minimum absolute atomic E-state index is 2.34. The minimum atomic E-state index is -2.34. The summed E-state index contributed by atoms with van der Waals surface area (Å²) >= 11 is 0. The summed E-state index contributed by atoms with van der Waals surface area (Å²) in [5, 5.41) is 0. The Morgan fingerprint density at radius 1 is 1.33 bits per heavy atom. The van der Waals surface area contributed by atoms with Gasteiger partial charge in [-0.05, 0) is 0 Å². The third-order valence-corrected chi connectivity index (χ3v) is 1.08. The molecule has 0 saturated heterocycles. The van der Waals surface area contributed by atoms with Gasteiger partial charge in [-0.25, -0.2) is 0 Å². The van der Waals surface area contributed by atoms with Gasteiger partial charge >= 0.3 is 51.8 Å². The summed E-state index contributed by atoms with van der Waals surface area (Å²) in [4.78, 5) is 0. The molecule has 0 saturated carbocycles. The van der Waals surface area contributed by atoms with E-state index in [9.17, 15) is 0 Å². The molecule has 0 rings (SSSR count). The molecule has 0 aliphatic carbocycles. The average Bonchev–Trinajstić information content (AvgIpc) is 1.35. The molecule has 0 aromatic heterocycles. The Morgan fingerprint density at radius 3 is 1.50 bits per heavy atom. The first-order valence-electron chi connectivity index (χ1n) is 0.904. The number of nitrogens with zero attached hydrogens (tertiary/aromatic N) is 1. The van der Waals surface area contributed by atoms with E-state index in [1.807, 2.05) is 0 Å². The second-order valence-electron chi connectivity index (χ2n) is 0.487. The van der Waals surface area contributed by atoms with E-state index in [1.54, 1.807) is 0 Å². The summed E-state index contributed by atoms with van der Waals surface area (Å²) in [5.74, 6) is 0. The van der Waals surface area contributed by atoms with Crippen molar-refractivity contribution in [1.29, 1.82) is 0 Å². The zero-order chi connectivity index (χ0) is 5.21. The molecule has 0 aromatic carbocycles. The maximum absolute atomic E-state index is 5.04. The van der Waals surface area contributed by atoms with Crippen LogP contribution in [0.5, 0.6) is 0 Å². The van der Waals surface area contributed by atoms with Crippen LogP contribution < -0.4 is 0 Å². The Morgan fingerprint density at radius 2 is 1.50 bits per heavy atom. The third kappa shape index (κ3) is 5.08. The van der Waals surface area contributed by atoms with Crippen molar-refractivity contribution in [3.63, 3.8) is 0 Å². The van der Waals surface area contributed by atoms with Crippen LogP contribution in [0.1, 0.15) is 0 Å². The van der Waals surface area contributed by atoms with E-state index in [-0.39, 0.29) is 0 Å². The SMILES string of the molecule is [B]=NS(Cl)(Cl)Cl. The number of hydrogen-bond acceptors (Lipinski definition) is 1. The quantitative estimate of drug-likeness (QED) is 0.527. The first kappa shape index (κ1) is 7.08. The Bertz CT molecular complexity index is 56.3. The molecule has 0 N–H and O–H groups in total. The summed E-state index contributed by atoms with van der Waals surface area (Å²) in [6.07, 6.45) is 0. The Kier molecular flexibility index (Phi) is 2.84. The molecule has 0 amide bonds. The molecule has 0 fully saturated rings. The van der Waals surface area contributed by atoms with Crippen molar-refractivity contribution in [3.8, 4) is 0 Å². The fourth-order valence-corrected chi connectivity index (χ4v) is 0.